The summed E-state index contributed by atoms with van der Waals surface area (Å²) in [5, 5.41) is 20.4. The molecule has 21 heavy (non-hydrogen) atoms. The average Bonchev–Trinajstić information content (AvgIpc) is 2.96. The van der Waals surface area contributed by atoms with E-state index in [-0.39, 0.29) is 11.3 Å². The van der Waals surface area contributed by atoms with Gasteiger partial charge in [-0.3, -0.25) is 10.1 Å². The maximum Gasteiger partial charge on any atom is 0.270 e. The Morgan fingerprint density at radius 1 is 1.14 bits per heavy atom. The number of carbonyl (C=O) groups is 1. The normalized spacial score (nSPS) is 9.71. The number of nitro groups is 1. The Hall–Kier alpha value is -3.22. The van der Waals surface area contributed by atoms with Crippen molar-refractivity contribution in [2.24, 2.45) is 0 Å². The summed E-state index contributed by atoms with van der Waals surface area (Å²) in [6.45, 7) is 0. The number of nitro benzene ring substituents is 1. The molecule has 7 nitrogen and oxygen atoms in total. The zero-order valence-electron chi connectivity index (χ0n) is 10.8. The minimum Gasteiger partial charge on any atom is -0.545 e. The van der Waals surface area contributed by atoms with Gasteiger partial charge in [0.15, 0.2) is 11.0 Å². The molecule has 0 unspecified atom stereocenters. The van der Waals surface area contributed by atoms with Crippen molar-refractivity contribution in [3.05, 3.63) is 70.5 Å². The summed E-state index contributed by atoms with van der Waals surface area (Å²) in [5.74, 6) is -1.42. The second-order valence-corrected chi connectivity index (χ2v) is 4.07. The van der Waals surface area contributed by atoms with Gasteiger partial charge in [0.05, 0.1) is 10.9 Å². The number of benzene rings is 2. The first kappa shape index (κ1) is 14.2. The lowest BCUT2D eigenvalue weighted by Gasteiger charge is -1.99. The third kappa shape index (κ3) is 3.63. The number of non-ortho nitro benzene ring substituents is 1. The van der Waals surface area contributed by atoms with E-state index in [9.17, 15) is 20.0 Å². The third-order valence-corrected chi connectivity index (χ3v) is 2.68. The summed E-state index contributed by atoms with van der Waals surface area (Å²) in [4.78, 5) is 25.9. The monoisotopic (exact) mass is 285 g/mol. The van der Waals surface area contributed by atoms with Gasteiger partial charge >= 0.3 is 0 Å². The molecule has 0 aliphatic rings. The fraction of sp³-hybridized carbons (Fsp3) is 0. The summed E-state index contributed by atoms with van der Waals surface area (Å²) in [7, 11) is 0. The summed E-state index contributed by atoms with van der Waals surface area (Å²) < 4.78 is 0. The number of imidazole rings is 1. The highest BCUT2D eigenvalue weighted by Crippen LogP contribution is 2.11. The fourth-order valence-corrected chi connectivity index (χ4v) is 1.67. The number of para-hydroxylation sites is 2. The van der Waals surface area contributed by atoms with Gasteiger partial charge in [-0.1, -0.05) is 24.3 Å². The van der Waals surface area contributed by atoms with Gasteiger partial charge in [-0.05, 0) is 12.1 Å². The van der Waals surface area contributed by atoms with Crippen LogP contribution in [0.2, 0.25) is 0 Å². The summed E-state index contributed by atoms with van der Waals surface area (Å²) in [6, 6.07) is 12.8. The number of aromatic amines is 2. The van der Waals surface area contributed by atoms with Crippen LogP contribution >= 0.6 is 0 Å². The van der Waals surface area contributed by atoms with Crippen LogP contribution in [0, 0.1) is 10.1 Å². The van der Waals surface area contributed by atoms with Gasteiger partial charge in [-0.2, -0.15) is 0 Å². The van der Waals surface area contributed by atoms with E-state index in [1.807, 2.05) is 30.6 Å². The fourth-order valence-electron chi connectivity index (χ4n) is 1.67. The largest absolute Gasteiger partial charge is 0.545 e. The molecule has 106 valence electrons. The molecule has 3 aromatic rings. The SMILES string of the molecule is O=C([O-])c1cccc([N+](=O)[O-])c1.c1ccc2[nH+]c[nH]c2c1. The Bertz CT molecular complexity index is 723. The van der Waals surface area contributed by atoms with Gasteiger partial charge in [0.1, 0.15) is 0 Å². The van der Waals surface area contributed by atoms with E-state index in [0.29, 0.717) is 0 Å². The highest BCUT2D eigenvalue weighted by molar-refractivity contribution is 5.86. The molecule has 1 heterocycles. The van der Waals surface area contributed by atoms with E-state index in [4.69, 9.17) is 0 Å². The molecule has 0 fully saturated rings. The second-order valence-electron chi connectivity index (χ2n) is 4.07. The van der Waals surface area contributed by atoms with E-state index in [1.54, 1.807) is 0 Å². The Balaban J connectivity index is 0.000000159. The molecule has 0 aliphatic carbocycles. The number of hydrogen-bond donors (Lipinski definition) is 1. The number of fused-ring (bicyclic) bond motifs is 1. The number of carboxylic acid groups (broad SMARTS) is 1. The maximum absolute atomic E-state index is 10.2. The first-order valence-electron chi connectivity index (χ1n) is 5.97. The number of aromatic carboxylic acids is 1. The Labute approximate surface area is 119 Å². The molecule has 7 heteroatoms. The van der Waals surface area contributed by atoms with Gasteiger partial charge in [-0.15, -0.1) is 0 Å². The van der Waals surface area contributed by atoms with Crippen LogP contribution in [-0.2, 0) is 0 Å². The van der Waals surface area contributed by atoms with E-state index in [2.05, 4.69) is 9.97 Å². The van der Waals surface area contributed by atoms with Crippen molar-refractivity contribution in [1.29, 1.82) is 0 Å². The number of nitrogens with zero attached hydrogens (tertiary/aromatic N) is 1. The molecule has 0 saturated carbocycles. The molecule has 0 bridgehead atoms. The zero-order chi connectivity index (χ0) is 15.2. The maximum atomic E-state index is 10.2. The van der Waals surface area contributed by atoms with E-state index in [1.165, 1.54) is 18.2 Å². The van der Waals surface area contributed by atoms with Crippen LogP contribution in [0.15, 0.2) is 54.9 Å². The molecule has 0 spiro atoms. The van der Waals surface area contributed by atoms with Crippen LogP contribution in [0.4, 0.5) is 5.69 Å². The Kier molecular flexibility index (Phi) is 4.25. The highest BCUT2D eigenvalue weighted by atomic mass is 16.6. The average molecular weight is 285 g/mol. The van der Waals surface area contributed by atoms with Crippen molar-refractivity contribution in [3.63, 3.8) is 0 Å². The molecule has 2 aromatic carbocycles. The molecular formula is C14H11N3O4. The van der Waals surface area contributed by atoms with Crippen molar-refractivity contribution in [1.82, 2.24) is 4.98 Å². The number of rotatable bonds is 2. The van der Waals surface area contributed by atoms with Gasteiger partial charge in [0, 0.05) is 17.7 Å². The van der Waals surface area contributed by atoms with Crippen LogP contribution in [0.1, 0.15) is 10.4 Å². The second kappa shape index (κ2) is 6.29. The summed E-state index contributed by atoms with van der Waals surface area (Å²) in [6.07, 6.45) is 1.82. The number of H-pyrrole nitrogens is 2. The molecule has 0 atom stereocenters. The molecule has 0 saturated heterocycles. The minimum atomic E-state index is -1.42. The number of carbonyl (C=O) groups excluding carboxylic acids is 1. The van der Waals surface area contributed by atoms with Crippen LogP contribution < -0.4 is 10.1 Å². The Morgan fingerprint density at radius 2 is 1.90 bits per heavy atom. The van der Waals surface area contributed by atoms with Gasteiger partial charge in [0.2, 0.25) is 6.33 Å². The summed E-state index contributed by atoms with van der Waals surface area (Å²) >= 11 is 0. The lowest BCUT2D eigenvalue weighted by atomic mass is 10.2. The number of carboxylic acids is 1. The molecule has 3 rings (SSSR count). The van der Waals surface area contributed by atoms with Crippen molar-refractivity contribution in [2.45, 2.75) is 0 Å². The standard InChI is InChI=1S/C7H6N2.C7H5NO4/c1-2-4-7-6(3-1)8-5-9-7;9-7(10)5-2-1-3-6(4-5)8(11)12/h1-5H,(H,8,9);1-4H,(H,9,10). The summed E-state index contributed by atoms with van der Waals surface area (Å²) in [5.41, 5.74) is 1.86. The van der Waals surface area contributed by atoms with Crippen LogP contribution in [0.25, 0.3) is 11.0 Å². The molecule has 0 aliphatic heterocycles. The molecule has 1 aromatic heterocycles. The van der Waals surface area contributed by atoms with Crippen LogP contribution in [-0.4, -0.2) is 15.9 Å². The third-order valence-electron chi connectivity index (χ3n) is 2.68. The first-order chi connectivity index (χ1) is 10.1. The quantitative estimate of drug-likeness (QED) is 0.557. The van der Waals surface area contributed by atoms with Gasteiger partial charge in [-0.25, -0.2) is 9.97 Å². The number of nitrogens with one attached hydrogen (secondary N) is 2. The van der Waals surface area contributed by atoms with Crippen LogP contribution in [0.3, 0.4) is 0 Å². The zero-order valence-corrected chi connectivity index (χ0v) is 10.8. The van der Waals surface area contributed by atoms with E-state index < -0.39 is 10.9 Å². The molecule has 0 radical (unpaired) electrons. The van der Waals surface area contributed by atoms with Crippen molar-refractivity contribution < 1.29 is 19.8 Å². The predicted molar refractivity (Wildman–Crippen MR) is 72.3 cm³/mol. The lowest BCUT2D eigenvalue weighted by Crippen LogP contribution is -2.22. The predicted octanol–water partition coefficient (Wildman–Crippen LogP) is 0.940. The van der Waals surface area contributed by atoms with Crippen LogP contribution in [0.5, 0.6) is 0 Å². The van der Waals surface area contributed by atoms with E-state index >= 15 is 0 Å². The minimum absolute atomic E-state index is 0.191. The van der Waals surface area contributed by atoms with Crippen molar-refractivity contribution in [2.75, 3.05) is 0 Å². The number of aromatic nitrogens is 2. The smallest absolute Gasteiger partial charge is 0.270 e. The Morgan fingerprint density at radius 3 is 2.57 bits per heavy atom. The molecule has 0 amide bonds. The number of hydrogen-bond acceptors (Lipinski definition) is 4. The highest BCUT2D eigenvalue weighted by Gasteiger charge is 2.04. The molecular weight excluding hydrogens is 274 g/mol. The lowest BCUT2D eigenvalue weighted by molar-refractivity contribution is -0.385. The van der Waals surface area contributed by atoms with Crippen molar-refractivity contribution in [3.8, 4) is 0 Å². The first-order valence-corrected chi connectivity index (χ1v) is 5.97. The molecule has 2 N–H and O–H groups in total. The van der Waals surface area contributed by atoms with Gasteiger partial charge < -0.3 is 9.90 Å². The topological polar surface area (TPSA) is 113 Å². The van der Waals surface area contributed by atoms with Crippen molar-refractivity contribution >= 4 is 22.7 Å². The van der Waals surface area contributed by atoms with E-state index in [0.717, 1.165) is 17.1 Å². The van der Waals surface area contributed by atoms with Gasteiger partial charge in [0.25, 0.3) is 5.69 Å².